The second kappa shape index (κ2) is 7.75. The second-order valence-corrected chi connectivity index (χ2v) is 5.59. The van der Waals surface area contributed by atoms with Crippen molar-refractivity contribution in [2.45, 2.75) is 26.9 Å². The Morgan fingerprint density at radius 2 is 2.20 bits per heavy atom. The molecule has 5 heteroatoms. The van der Waals surface area contributed by atoms with Crippen LogP contribution in [0.15, 0.2) is 59.2 Å². The van der Waals surface area contributed by atoms with Gasteiger partial charge in [-0.15, -0.1) is 0 Å². The zero-order valence-corrected chi connectivity index (χ0v) is 14.5. The fourth-order valence-electron chi connectivity index (χ4n) is 2.81. The minimum atomic E-state index is -0.139. The van der Waals surface area contributed by atoms with Gasteiger partial charge in [0.15, 0.2) is 0 Å². The molecular formula is C20H22N2O3. The molecule has 0 spiro atoms. The summed E-state index contributed by atoms with van der Waals surface area (Å²) in [6, 6.07) is 11.4. The van der Waals surface area contributed by atoms with Gasteiger partial charge in [-0.2, -0.15) is 0 Å². The predicted molar refractivity (Wildman–Crippen MR) is 97.8 cm³/mol. The molecular weight excluding hydrogens is 316 g/mol. The Morgan fingerprint density at radius 1 is 1.32 bits per heavy atom. The first-order valence-corrected chi connectivity index (χ1v) is 8.41. The first-order valence-electron chi connectivity index (χ1n) is 8.41. The number of furan rings is 1. The van der Waals surface area contributed by atoms with Crippen LogP contribution in [0.3, 0.4) is 0 Å². The van der Waals surface area contributed by atoms with Gasteiger partial charge in [0, 0.05) is 11.9 Å². The standard InChI is InChI=1S/C20H22N2O3/c1-3-5-11-22-17-9-6-10-19(24-4-2)16(17)13-18(22)20(23)21-14-15-8-7-12-25-15/h3,5-10,12-13H,4,11,14H2,1-2H3,(H,21,23)/b5-3-. The number of ether oxygens (including phenoxy) is 1. The summed E-state index contributed by atoms with van der Waals surface area (Å²) in [6.45, 7) is 5.48. The van der Waals surface area contributed by atoms with E-state index in [2.05, 4.69) is 5.32 Å². The van der Waals surface area contributed by atoms with Crippen molar-refractivity contribution in [3.63, 3.8) is 0 Å². The molecule has 0 radical (unpaired) electrons. The average molecular weight is 338 g/mol. The van der Waals surface area contributed by atoms with E-state index < -0.39 is 0 Å². The summed E-state index contributed by atoms with van der Waals surface area (Å²) in [5, 5.41) is 3.85. The highest BCUT2D eigenvalue weighted by Gasteiger charge is 2.17. The number of amides is 1. The largest absolute Gasteiger partial charge is 0.493 e. The highest BCUT2D eigenvalue weighted by Crippen LogP contribution is 2.29. The van der Waals surface area contributed by atoms with E-state index in [9.17, 15) is 4.79 Å². The van der Waals surface area contributed by atoms with Gasteiger partial charge < -0.3 is 19.0 Å². The van der Waals surface area contributed by atoms with Crippen LogP contribution in [-0.2, 0) is 13.1 Å². The maximum absolute atomic E-state index is 12.7. The summed E-state index contributed by atoms with van der Waals surface area (Å²) in [5.74, 6) is 1.37. The van der Waals surface area contributed by atoms with Crippen LogP contribution in [0.25, 0.3) is 10.9 Å². The Labute approximate surface area is 146 Å². The molecule has 130 valence electrons. The van der Waals surface area contributed by atoms with E-state index >= 15 is 0 Å². The number of carbonyl (C=O) groups is 1. The number of aromatic nitrogens is 1. The fourth-order valence-corrected chi connectivity index (χ4v) is 2.81. The molecule has 0 unspecified atom stereocenters. The molecule has 25 heavy (non-hydrogen) atoms. The smallest absolute Gasteiger partial charge is 0.268 e. The van der Waals surface area contributed by atoms with Gasteiger partial charge in [0.25, 0.3) is 5.91 Å². The molecule has 1 aromatic carbocycles. The van der Waals surface area contributed by atoms with Crippen LogP contribution in [0, 0.1) is 0 Å². The summed E-state index contributed by atoms with van der Waals surface area (Å²) in [5.41, 5.74) is 1.58. The van der Waals surface area contributed by atoms with Crippen LogP contribution in [-0.4, -0.2) is 17.1 Å². The van der Waals surface area contributed by atoms with Crippen molar-refractivity contribution in [3.8, 4) is 5.75 Å². The molecule has 1 N–H and O–H groups in total. The van der Waals surface area contributed by atoms with Crippen molar-refractivity contribution in [1.82, 2.24) is 9.88 Å². The van der Waals surface area contributed by atoms with Crippen LogP contribution < -0.4 is 10.1 Å². The Balaban J connectivity index is 1.96. The lowest BCUT2D eigenvalue weighted by Crippen LogP contribution is -2.25. The Morgan fingerprint density at radius 3 is 2.92 bits per heavy atom. The zero-order valence-electron chi connectivity index (χ0n) is 14.5. The third-order valence-electron chi connectivity index (χ3n) is 3.97. The molecule has 3 aromatic rings. The molecule has 1 amide bonds. The monoisotopic (exact) mass is 338 g/mol. The SMILES string of the molecule is C/C=C\Cn1c(C(=O)NCc2ccco2)cc2c(OCC)cccc21. The third kappa shape index (κ3) is 3.60. The van der Waals surface area contributed by atoms with Crippen molar-refractivity contribution in [3.05, 3.63) is 66.3 Å². The quantitative estimate of drug-likeness (QED) is 0.659. The highest BCUT2D eigenvalue weighted by molar-refractivity contribution is 6.00. The Kier molecular flexibility index (Phi) is 5.23. The Bertz CT molecular complexity index is 876. The van der Waals surface area contributed by atoms with Gasteiger partial charge in [-0.3, -0.25) is 4.79 Å². The van der Waals surface area contributed by atoms with E-state index in [4.69, 9.17) is 9.15 Å². The van der Waals surface area contributed by atoms with Crippen molar-refractivity contribution in [1.29, 1.82) is 0 Å². The normalized spacial score (nSPS) is 11.3. The van der Waals surface area contributed by atoms with E-state index in [1.807, 2.05) is 60.9 Å². The van der Waals surface area contributed by atoms with E-state index in [-0.39, 0.29) is 5.91 Å². The van der Waals surface area contributed by atoms with E-state index in [0.29, 0.717) is 25.4 Å². The number of nitrogens with one attached hydrogen (secondary N) is 1. The maximum Gasteiger partial charge on any atom is 0.268 e. The van der Waals surface area contributed by atoms with Gasteiger partial charge in [-0.1, -0.05) is 18.2 Å². The average Bonchev–Trinajstić information content (AvgIpc) is 3.26. The number of fused-ring (bicyclic) bond motifs is 1. The molecule has 0 saturated heterocycles. The van der Waals surface area contributed by atoms with Crippen LogP contribution in [0.5, 0.6) is 5.75 Å². The fraction of sp³-hybridized carbons (Fsp3) is 0.250. The molecule has 2 aromatic heterocycles. The molecule has 0 saturated carbocycles. The number of nitrogens with zero attached hydrogens (tertiary/aromatic N) is 1. The molecule has 0 aliphatic rings. The molecule has 2 heterocycles. The lowest BCUT2D eigenvalue weighted by atomic mass is 10.2. The van der Waals surface area contributed by atoms with Gasteiger partial charge in [0.05, 0.1) is 24.9 Å². The molecule has 5 nitrogen and oxygen atoms in total. The number of hydrogen-bond acceptors (Lipinski definition) is 3. The van der Waals surface area contributed by atoms with E-state index in [1.54, 1.807) is 12.3 Å². The first kappa shape index (κ1) is 16.9. The number of rotatable bonds is 7. The van der Waals surface area contributed by atoms with Crippen LogP contribution in [0.4, 0.5) is 0 Å². The summed E-state index contributed by atoms with van der Waals surface area (Å²) in [6.07, 6.45) is 5.59. The number of hydrogen-bond donors (Lipinski definition) is 1. The van der Waals surface area contributed by atoms with Gasteiger partial charge in [-0.05, 0) is 44.2 Å². The molecule has 0 fully saturated rings. The number of benzene rings is 1. The topological polar surface area (TPSA) is 56.4 Å². The molecule has 0 aliphatic heterocycles. The summed E-state index contributed by atoms with van der Waals surface area (Å²) >= 11 is 0. The summed E-state index contributed by atoms with van der Waals surface area (Å²) in [4.78, 5) is 12.7. The minimum absolute atomic E-state index is 0.139. The minimum Gasteiger partial charge on any atom is -0.493 e. The van der Waals surface area contributed by atoms with Crippen molar-refractivity contribution >= 4 is 16.8 Å². The predicted octanol–water partition coefficient (Wildman–Crippen LogP) is 4.14. The van der Waals surface area contributed by atoms with E-state index in [0.717, 1.165) is 22.4 Å². The third-order valence-corrected chi connectivity index (χ3v) is 3.97. The zero-order chi connectivity index (χ0) is 17.6. The summed E-state index contributed by atoms with van der Waals surface area (Å²) in [7, 11) is 0. The van der Waals surface area contributed by atoms with Gasteiger partial charge in [-0.25, -0.2) is 0 Å². The van der Waals surface area contributed by atoms with Crippen LogP contribution in [0.1, 0.15) is 30.1 Å². The van der Waals surface area contributed by atoms with Crippen molar-refractivity contribution < 1.29 is 13.9 Å². The van der Waals surface area contributed by atoms with Gasteiger partial charge in [0.2, 0.25) is 0 Å². The van der Waals surface area contributed by atoms with Gasteiger partial charge in [0.1, 0.15) is 17.2 Å². The lowest BCUT2D eigenvalue weighted by molar-refractivity contribution is 0.0939. The van der Waals surface area contributed by atoms with E-state index in [1.165, 1.54) is 0 Å². The second-order valence-electron chi connectivity index (χ2n) is 5.59. The van der Waals surface area contributed by atoms with Crippen LogP contribution in [0.2, 0.25) is 0 Å². The number of carbonyl (C=O) groups excluding carboxylic acids is 1. The van der Waals surface area contributed by atoms with Crippen LogP contribution >= 0.6 is 0 Å². The van der Waals surface area contributed by atoms with Crippen molar-refractivity contribution in [2.75, 3.05) is 6.61 Å². The first-order chi connectivity index (χ1) is 12.2. The molecule has 0 atom stereocenters. The molecule has 0 bridgehead atoms. The Hall–Kier alpha value is -2.95. The lowest BCUT2D eigenvalue weighted by Gasteiger charge is -2.09. The van der Waals surface area contributed by atoms with Gasteiger partial charge >= 0.3 is 0 Å². The highest BCUT2D eigenvalue weighted by atomic mass is 16.5. The number of allylic oxidation sites excluding steroid dienone is 2. The molecule has 3 rings (SSSR count). The summed E-state index contributed by atoms with van der Waals surface area (Å²) < 4.78 is 13.0. The maximum atomic E-state index is 12.7. The van der Waals surface area contributed by atoms with Crippen molar-refractivity contribution in [2.24, 2.45) is 0 Å². The molecule has 0 aliphatic carbocycles.